The fourth-order valence-electron chi connectivity index (χ4n) is 1.09. The second-order valence-corrected chi connectivity index (χ2v) is 2.35. The third-order valence-electron chi connectivity index (χ3n) is 1.61. The van der Waals surface area contributed by atoms with Crippen molar-refractivity contribution >= 4 is 34.0 Å². The number of phenolic OH excluding ortho intramolecular Hbond substituents is 1. The summed E-state index contributed by atoms with van der Waals surface area (Å²) in [6, 6.07) is 9.13. The van der Waals surface area contributed by atoms with Gasteiger partial charge in [-0.15, -0.1) is 0 Å². The highest BCUT2D eigenvalue weighted by atomic mass is 24.3. The van der Waals surface area contributed by atoms with Gasteiger partial charge in [0.05, 0.1) is 0 Å². The third kappa shape index (κ3) is 1.51. The lowest BCUT2D eigenvalue weighted by Gasteiger charge is -1.96. The molecule has 0 radical (unpaired) electrons. The van der Waals surface area contributed by atoms with Crippen LogP contribution in [0.5, 0.6) is 5.75 Å². The molecule has 0 bridgehead atoms. The number of phenols is 1. The van der Waals surface area contributed by atoms with Gasteiger partial charge in [-0.1, -0.05) is 18.2 Å². The molecule has 1 heterocycles. The number of hydrogen-bond acceptors (Lipinski definition) is 2. The van der Waals surface area contributed by atoms with Gasteiger partial charge in [-0.3, -0.25) is 4.98 Å². The van der Waals surface area contributed by atoms with Crippen LogP contribution in [0, 0.1) is 0 Å². The van der Waals surface area contributed by atoms with Gasteiger partial charge in [0.25, 0.3) is 0 Å². The van der Waals surface area contributed by atoms with Crippen molar-refractivity contribution in [3.05, 3.63) is 36.5 Å². The summed E-state index contributed by atoms with van der Waals surface area (Å²) in [6.45, 7) is 0. The molecule has 0 aliphatic carbocycles. The van der Waals surface area contributed by atoms with Crippen LogP contribution in [-0.2, 0) is 0 Å². The van der Waals surface area contributed by atoms with Gasteiger partial charge in [0, 0.05) is 11.6 Å². The van der Waals surface area contributed by atoms with Crippen LogP contribution in [0.2, 0.25) is 0 Å². The molecule has 0 spiro atoms. The van der Waals surface area contributed by atoms with Gasteiger partial charge < -0.3 is 5.11 Å². The number of aromatic hydroxyl groups is 1. The van der Waals surface area contributed by atoms with Gasteiger partial charge in [0.2, 0.25) is 0 Å². The molecular weight excluding hydrogens is 162 g/mol. The van der Waals surface area contributed by atoms with Crippen LogP contribution in [0.4, 0.5) is 0 Å². The van der Waals surface area contributed by atoms with Crippen molar-refractivity contribution in [3.63, 3.8) is 0 Å². The molecule has 2 nitrogen and oxygen atoms in total. The number of fused-ring (bicyclic) bond motifs is 1. The van der Waals surface area contributed by atoms with Crippen LogP contribution in [0.3, 0.4) is 0 Å². The van der Waals surface area contributed by atoms with Crippen LogP contribution >= 0.6 is 0 Å². The average molecular weight is 171 g/mol. The summed E-state index contributed by atoms with van der Waals surface area (Å²) in [4.78, 5) is 4.03. The molecule has 0 unspecified atom stereocenters. The number of hydrogen-bond donors (Lipinski definition) is 1. The Balaban J connectivity index is 0.000000720. The topological polar surface area (TPSA) is 33.1 Å². The highest BCUT2D eigenvalue weighted by molar-refractivity contribution is 5.83. The third-order valence-corrected chi connectivity index (χ3v) is 1.61. The molecule has 0 fully saturated rings. The first-order chi connectivity index (χ1) is 5.38. The molecule has 12 heavy (non-hydrogen) atoms. The molecule has 0 saturated heterocycles. The number of pyridine rings is 1. The number of rotatable bonds is 0. The highest BCUT2D eigenvalue weighted by Crippen LogP contribution is 2.20. The summed E-state index contributed by atoms with van der Waals surface area (Å²) < 4.78 is 0. The minimum atomic E-state index is 0. The molecule has 1 N–H and O–H groups in total. The van der Waals surface area contributed by atoms with Crippen molar-refractivity contribution in [2.45, 2.75) is 0 Å². The van der Waals surface area contributed by atoms with E-state index in [9.17, 15) is 5.11 Å². The van der Waals surface area contributed by atoms with E-state index in [2.05, 4.69) is 4.98 Å². The Kier molecular flexibility index (Phi) is 2.89. The molecule has 3 heteroatoms. The lowest BCUT2D eigenvalue weighted by Crippen LogP contribution is -1.76. The van der Waals surface area contributed by atoms with Gasteiger partial charge >= 0.3 is 23.1 Å². The molecule has 1 aromatic heterocycles. The van der Waals surface area contributed by atoms with E-state index in [0.29, 0.717) is 5.52 Å². The average Bonchev–Trinajstić information content (AvgIpc) is 2.06. The number of para-hydroxylation sites is 1. The van der Waals surface area contributed by atoms with E-state index in [1.807, 2.05) is 18.2 Å². The Morgan fingerprint density at radius 3 is 2.58 bits per heavy atom. The molecule has 1 aromatic carbocycles. The summed E-state index contributed by atoms with van der Waals surface area (Å²) in [5.74, 6) is 0.239. The number of nitrogens with zero attached hydrogens (tertiary/aromatic N) is 1. The standard InChI is InChI=1S/C9H7NO.Mg.2H/c11-8-5-1-3-7-4-2-6-10-9(7)8;;;/h1-6,11H;;;. The smallest absolute Gasteiger partial charge is 0.316 e. The Hall–Kier alpha value is -0.804. The van der Waals surface area contributed by atoms with E-state index in [1.54, 1.807) is 18.3 Å². The first-order valence-corrected chi connectivity index (χ1v) is 3.40. The SMILES string of the molecule is Oc1cccc2cccnc12.[MgH2]. The van der Waals surface area contributed by atoms with Crippen molar-refractivity contribution in [1.82, 2.24) is 4.98 Å². The summed E-state index contributed by atoms with van der Waals surface area (Å²) >= 11 is 0. The van der Waals surface area contributed by atoms with Crippen molar-refractivity contribution in [1.29, 1.82) is 0 Å². The van der Waals surface area contributed by atoms with Crippen LogP contribution in [0.1, 0.15) is 0 Å². The monoisotopic (exact) mass is 171 g/mol. The second-order valence-electron chi connectivity index (χ2n) is 2.35. The fraction of sp³-hybridized carbons (Fsp3) is 0. The number of benzene rings is 1. The van der Waals surface area contributed by atoms with E-state index in [1.165, 1.54) is 0 Å². The molecule has 0 atom stereocenters. The quantitative estimate of drug-likeness (QED) is 0.601. The first-order valence-electron chi connectivity index (χ1n) is 3.40. The fourth-order valence-corrected chi connectivity index (χ4v) is 1.09. The summed E-state index contributed by atoms with van der Waals surface area (Å²) in [6.07, 6.45) is 1.67. The predicted octanol–water partition coefficient (Wildman–Crippen LogP) is 1.02. The zero-order valence-corrected chi connectivity index (χ0v) is 5.86. The largest absolute Gasteiger partial charge is 0.506 e. The van der Waals surface area contributed by atoms with Crippen LogP contribution in [-0.4, -0.2) is 33.1 Å². The Labute approximate surface area is 86.4 Å². The molecule has 0 aliphatic rings. The molecule has 2 aromatic rings. The molecule has 0 saturated carbocycles. The van der Waals surface area contributed by atoms with Gasteiger partial charge in [-0.05, 0) is 12.1 Å². The van der Waals surface area contributed by atoms with Crippen molar-refractivity contribution in [2.75, 3.05) is 0 Å². The van der Waals surface area contributed by atoms with Crippen LogP contribution in [0.15, 0.2) is 36.5 Å². The summed E-state index contributed by atoms with van der Waals surface area (Å²) in [5.41, 5.74) is 0.662. The Morgan fingerprint density at radius 1 is 1.08 bits per heavy atom. The van der Waals surface area contributed by atoms with Gasteiger partial charge in [-0.2, -0.15) is 0 Å². The molecule has 58 valence electrons. The normalized spacial score (nSPS) is 9.33. The molecule has 0 amide bonds. The maximum absolute atomic E-state index is 9.31. The van der Waals surface area contributed by atoms with Gasteiger partial charge in [-0.25, -0.2) is 0 Å². The molecule has 0 aliphatic heterocycles. The van der Waals surface area contributed by atoms with E-state index < -0.39 is 0 Å². The van der Waals surface area contributed by atoms with E-state index in [0.717, 1.165) is 5.39 Å². The van der Waals surface area contributed by atoms with E-state index in [-0.39, 0.29) is 28.8 Å². The molecular formula is C9H9MgNO. The maximum atomic E-state index is 9.31. The highest BCUT2D eigenvalue weighted by Gasteiger charge is 1.96. The van der Waals surface area contributed by atoms with Crippen molar-refractivity contribution in [2.24, 2.45) is 0 Å². The van der Waals surface area contributed by atoms with E-state index >= 15 is 0 Å². The Morgan fingerprint density at radius 2 is 1.83 bits per heavy atom. The lowest BCUT2D eigenvalue weighted by atomic mass is 10.2. The zero-order valence-electron chi connectivity index (χ0n) is 5.86. The van der Waals surface area contributed by atoms with Crippen molar-refractivity contribution < 1.29 is 5.11 Å². The van der Waals surface area contributed by atoms with E-state index in [4.69, 9.17) is 0 Å². The van der Waals surface area contributed by atoms with Gasteiger partial charge in [0.1, 0.15) is 11.3 Å². The Bertz CT molecular complexity index is 384. The minimum absolute atomic E-state index is 0. The predicted molar refractivity (Wildman–Crippen MR) is 52.0 cm³/mol. The first kappa shape index (κ1) is 9.29. The van der Waals surface area contributed by atoms with Crippen LogP contribution < -0.4 is 0 Å². The van der Waals surface area contributed by atoms with Crippen LogP contribution in [0.25, 0.3) is 10.9 Å². The zero-order chi connectivity index (χ0) is 7.68. The molecule has 2 rings (SSSR count). The summed E-state index contributed by atoms with van der Waals surface area (Å²) in [7, 11) is 0. The van der Waals surface area contributed by atoms with Crippen molar-refractivity contribution in [3.8, 4) is 5.75 Å². The maximum Gasteiger partial charge on any atom is 0.316 e. The minimum Gasteiger partial charge on any atom is -0.506 e. The summed E-state index contributed by atoms with van der Waals surface area (Å²) in [5, 5.41) is 10.3. The van der Waals surface area contributed by atoms with Gasteiger partial charge in [0.15, 0.2) is 0 Å². The number of aromatic nitrogens is 1. The second kappa shape index (κ2) is 3.73. The lowest BCUT2D eigenvalue weighted by molar-refractivity contribution is 0.480.